The molecule has 1 aliphatic heterocycles. The van der Waals surface area contributed by atoms with Crippen molar-refractivity contribution in [3.63, 3.8) is 0 Å². The highest BCUT2D eigenvalue weighted by Gasteiger charge is 2.35. The van der Waals surface area contributed by atoms with E-state index in [-0.39, 0.29) is 24.2 Å². The predicted octanol–water partition coefficient (Wildman–Crippen LogP) is 4.81. The predicted molar refractivity (Wildman–Crippen MR) is 125 cm³/mol. The lowest BCUT2D eigenvalue weighted by molar-refractivity contribution is -0.122. The Labute approximate surface area is 190 Å². The molecule has 160 valence electrons. The summed E-state index contributed by atoms with van der Waals surface area (Å²) in [5, 5.41) is 2.99. The Morgan fingerprint density at radius 2 is 2.03 bits per heavy atom. The molecular weight excluding hydrogens is 456 g/mol. The van der Waals surface area contributed by atoms with Gasteiger partial charge in [-0.05, 0) is 35.9 Å². The highest BCUT2D eigenvalue weighted by Crippen LogP contribution is 2.28. The molecule has 4 rings (SSSR count). The van der Waals surface area contributed by atoms with Crippen molar-refractivity contribution in [2.45, 2.75) is 32.7 Å². The van der Waals surface area contributed by atoms with Crippen LogP contribution in [0.5, 0.6) is 0 Å². The smallest absolute Gasteiger partial charge is 0.229 e. The molecular formula is C24H25BrN4O2. The van der Waals surface area contributed by atoms with E-state index in [4.69, 9.17) is 0 Å². The first-order valence-electron chi connectivity index (χ1n) is 10.4. The van der Waals surface area contributed by atoms with Gasteiger partial charge in [-0.25, -0.2) is 4.98 Å². The molecule has 1 N–H and O–H groups in total. The van der Waals surface area contributed by atoms with Crippen LogP contribution in [-0.4, -0.2) is 27.9 Å². The number of nitrogens with one attached hydrogen (secondary N) is 1. The van der Waals surface area contributed by atoms with E-state index in [2.05, 4.69) is 44.6 Å². The zero-order valence-electron chi connectivity index (χ0n) is 17.6. The summed E-state index contributed by atoms with van der Waals surface area (Å²) in [5.74, 6) is 0.829. The summed E-state index contributed by atoms with van der Waals surface area (Å²) < 4.78 is 3.03. The Balaban J connectivity index is 1.43. The number of amides is 2. The summed E-state index contributed by atoms with van der Waals surface area (Å²) in [5.41, 5.74) is 2.62. The van der Waals surface area contributed by atoms with E-state index in [0.717, 1.165) is 27.2 Å². The lowest BCUT2D eigenvalue weighted by Crippen LogP contribution is -2.28. The second-order valence-corrected chi connectivity index (χ2v) is 9.06. The number of aromatic nitrogens is 2. The van der Waals surface area contributed by atoms with Gasteiger partial charge < -0.3 is 14.8 Å². The van der Waals surface area contributed by atoms with Crippen molar-refractivity contribution in [2.24, 2.45) is 5.92 Å². The van der Waals surface area contributed by atoms with Gasteiger partial charge in [0.15, 0.2) is 0 Å². The summed E-state index contributed by atoms with van der Waals surface area (Å²) in [7, 11) is 0. The topological polar surface area (TPSA) is 67.2 Å². The number of rotatable bonds is 6. The van der Waals surface area contributed by atoms with Crippen molar-refractivity contribution in [3.05, 3.63) is 76.8 Å². The first kappa shape index (κ1) is 21.3. The van der Waals surface area contributed by atoms with Crippen LogP contribution >= 0.6 is 15.9 Å². The van der Waals surface area contributed by atoms with Crippen LogP contribution in [0.3, 0.4) is 0 Å². The lowest BCUT2D eigenvalue weighted by Gasteiger charge is -2.17. The highest BCUT2D eigenvalue weighted by molar-refractivity contribution is 9.10. The van der Waals surface area contributed by atoms with Crippen LogP contribution < -0.4 is 10.2 Å². The zero-order chi connectivity index (χ0) is 22.0. The summed E-state index contributed by atoms with van der Waals surface area (Å²) in [6, 6.07) is 15.4. The molecule has 2 heterocycles. The molecule has 0 spiro atoms. The van der Waals surface area contributed by atoms with Crippen molar-refractivity contribution in [1.82, 2.24) is 9.55 Å². The maximum Gasteiger partial charge on any atom is 0.229 e. The number of hydrogen-bond acceptors (Lipinski definition) is 3. The Hall–Kier alpha value is -2.93. The fourth-order valence-electron chi connectivity index (χ4n) is 3.92. The summed E-state index contributed by atoms with van der Waals surface area (Å²) in [4.78, 5) is 31.5. The summed E-state index contributed by atoms with van der Waals surface area (Å²) >= 11 is 3.43. The molecule has 6 nitrogen and oxygen atoms in total. The molecule has 1 atom stereocenters. The van der Waals surface area contributed by atoms with Crippen molar-refractivity contribution in [2.75, 3.05) is 16.8 Å². The summed E-state index contributed by atoms with van der Waals surface area (Å²) in [6.07, 6.45) is 4.00. The molecule has 1 aliphatic rings. The van der Waals surface area contributed by atoms with E-state index < -0.39 is 0 Å². The first-order valence-corrected chi connectivity index (χ1v) is 11.2. The van der Waals surface area contributed by atoms with E-state index in [1.165, 1.54) is 0 Å². The monoisotopic (exact) mass is 480 g/mol. The van der Waals surface area contributed by atoms with Gasteiger partial charge in [0.05, 0.1) is 5.92 Å². The number of anilines is 2. The number of nitrogens with zero attached hydrogens (tertiary/aromatic N) is 3. The molecule has 0 aliphatic carbocycles. The van der Waals surface area contributed by atoms with Crippen LogP contribution in [0.2, 0.25) is 0 Å². The van der Waals surface area contributed by atoms with Gasteiger partial charge in [-0.2, -0.15) is 0 Å². The Kier molecular flexibility index (Phi) is 6.23. The van der Waals surface area contributed by atoms with Gasteiger partial charge in [-0.3, -0.25) is 9.59 Å². The van der Waals surface area contributed by atoms with Crippen LogP contribution in [0, 0.1) is 5.92 Å². The van der Waals surface area contributed by atoms with E-state index in [1.807, 2.05) is 60.9 Å². The third-order valence-electron chi connectivity index (χ3n) is 5.43. The fourth-order valence-corrected chi connectivity index (χ4v) is 4.31. The van der Waals surface area contributed by atoms with Gasteiger partial charge in [0.25, 0.3) is 0 Å². The van der Waals surface area contributed by atoms with Gasteiger partial charge in [0, 0.05) is 53.7 Å². The number of hydrogen-bond donors (Lipinski definition) is 1. The first-order chi connectivity index (χ1) is 14.9. The molecule has 1 saturated heterocycles. The number of halogens is 1. The van der Waals surface area contributed by atoms with Gasteiger partial charge in [0.2, 0.25) is 11.8 Å². The maximum atomic E-state index is 12.9. The van der Waals surface area contributed by atoms with Crippen LogP contribution in [0.15, 0.2) is 65.4 Å². The van der Waals surface area contributed by atoms with E-state index >= 15 is 0 Å². The fraction of sp³-hybridized carbons (Fsp3) is 0.292. The minimum atomic E-state index is -0.378. The third kappa shape index (κ3) is 4.88. The molecule has 0 radical (unpaired) electrons. The molecule has 0 saturated carbocycles. The van der Waals surface area contributed by atoms with Crippen molar-refractivity contribution >= 4 is 39.1 Å². The molecule has 7 heteroatoms. The Bertz CT molecular complexity index is 1110. The average molecular weight is 481 g/mol. The standard InChI is InChI=1S/C24H25BrN4O2/c1-16(2)23-26-9-10-28(23)14-17-5-3-7-20(11-17)27-24(31)18-12-22(30)29(15-18)21-8-4-6-19(25)13-21/h3-11,13,16,18H,12,14-15H2,1-2H3,(H,27,31). The lowest BCUT2D eigenvalue weighted by atomic mass is 10.1. The largest absolute Gasteiger partial charge is 0.330 e. The van der Waals surface area contributed by atoms with Gasteiger partial charge in [-0.15, -0.1) is 0 Å². The average Bonchev–Trinajstić information content (AvgIpc) is 3.35. The van der Waals surface area contributed by atoms with Crippen LogP contribution in [0.4, 0.5) is 11.4 Å². The number of benzene rings is 2. The molecule has 1 unspecified atom stereocenters. The SMILES string of the molecule is CC(C)c1nccn1Cc1cccc(NC(=O)C2CC(=O)N(c3cccc(Br)c3)C2)c1. The second-order valence-electron chi connectivity index (χ2n) is 8.14. The summed E-state index contributed by atoms with van der Waals surface area (Å²) in [6.45, 7) is 5.31. The van der Waals surface area contributed by atoms with Crippen LogP contribution in [0.25, 0.3) is 0 Å². The van der Waals surface area contributed by atoms with Gasteiger partial charge in [-0.1, -0.05) is 48.0 Å². The molecule has 1 aromatic heterocycles. The van der Waals surface area contributed by atoms with E-state index in [0.29, 0.717) is 19.0 Å². The normalized spacial score (nSPS) is 16.2. The van der Waals surface area contributed by atoms with Crippen LogP contribution in [0.1, 0.15) is 37.6 Å². The van der Waals surface area contributed by atoms with Gasteiger partial charge in [0.1, 0.15) is 5.82 Å². The van der Waals surface area contributed by atoms with Crippen molar-refractivity contribution in [1.29, 1.82) is 0 Å². The Morgan fingerprint density at radius 3 is 2.81 bits per heavy atom. The zero-order valence-corrected chi connectivity index (χ0v) is 19.2. The minimum Gasteiger partial charge on any atom is -0.330 e. The number of imidazole rings is 1. The van der Waals surface area contributed by atoms with Crippen molar-refractivity contribution in [3.8, 4) is 0 Å². The molecule has 2 amide bonds. The van der Waals surface area contributed by atoms with E-state index in [9.17, 15) is 9.59 Å². The Morgan fingerprint density at radius 1 is 1.23 bits per heavy atom. The molecule has 3 aromatic rings. The second kappa shape index (κ2) is 9.06. The number of carbonyl (C=O) groups excluding carboxylic acids is 2. The van der Waals surface area contributed by atoms with Crippen LogP contribution in [-0.2, 0) is 16.1 Å². The minimum absolute atomic E-state index is 0.0340. The highest BCUT2D eigenvalue weighted by atomic mass is 79.9. The molecule has 1 fully saturated rings. The molecule has 2 aromatic carbocycles. The number of carbonyl (C=O) groups is 2. The van der Waals surface area contributed by atoms with Crippen molar-refractivity contribution < 1.29 is 9.59 Å². The maximum absolute atomic E-state index is 12.9. The van der Waals surface area contributed by atoms with E-state index in [1.54, 1.807) is 4.90 Å². The van der Waals surface area contributed by atoms with Gasteiger partial charge >= 0.3 is 0 Å². The molecule has 0 bridgehead atoms. The third-order valence-corrected chi connectivity index (χ3v) is 5.92. The molecule has 31 heavy (non-hydrogen) atoms. The quantitative estimate of drug-likeness (QED) is 0.550.